The third kappa shape index (κ3) is 3.34. The summed E-state index contributed by atoms with van der Waals surface area (Å²) in [4.78, 5) is 3.96. The molecule has 2 unspecified atom stereocenters. The van der Waals surface area contributed by atoms with Crippen molar-refractivity contribution < 1.29 is 10.2 Å². The maximum atomic E-state index is 9.74. The van der Waals surface area contributed by atoms with E-state index < -0.39 is 12.2 Å². The van der Waals surface area contributed by atoms with Gasteiger partial charge in [0.2, 0.25) is 0 Å². The molecule has 0 amide bonds. The Kier molecular flexibility index (Phi) is 4.32. The van der Waals surface area contributed by atoms with Gasteiger partial charge < -0.3 is 15.9 Å². The summed E-state index contributed by atoms with van der Waals surface area (Å²) in [5.41, 5.74) is 6.82. The van der Waals surface area contributed by atoms with Crippen molar-refractivity contribution in [1.29, 1.82) is 0 Å². The van der Waals surface area contributed by atoms with Gasteiger partial charge in [0.05, 0.1) is 11.8 Å². The molecule has 0 fully saturated rings. The monoisotopic (exact) mass is 230 g/mol. The number of anilines is 1. The summed E-state index contributed by atoms with van der Waals surface area (Å²) in [7, 11) is 0. The topological polar surface area (TPSA) is 79.4 Å². The lowest BCUT2D eigenvalue weighted by Crippen LogP contribution is -2.20. The van der Waals surface area contributed by atoms with Crippen LogP contribution in [0.3, 0.4) is 0 Å². The highest BCUT2D eigenvalue weighted by Crippen LogP contribution is 2.19. The third-order valence-corrected chi connectivity index (χ3v) is 2.30. The number of aliphatic hydroxyl groups excluding tert-OH is 2. The summed E-state index contributed by atoms with van der Waals surface area (Å²) in [6.45, 7) is 1.85. The molecule has 0 aliphatic carbocycles. The number of aryl methyl sites for hydroxylation is 1. The summed E-state index contributed by atoms with van der Waals surface area (Å²) < 4.78 is 0. The first-order chi connectivity index (χ1) is 7.04. The first-order valence-electron chi connectivity index (χ1n) is 4.70. The predicted octanol–water partition coefficient (Wildman–Crippen LogP) is 0.995. The average Bonchev–Trinajstić information content (AvgIpc) is 2.15. The van der Waals surface area contributed by atoms with Crippen LogP contribution in [0.2, 0.25) is 0 Å². The molecule has 84 valence electrons. The van der Waals surface area contributed by atoms with Crippen LogP contribution in [-0.4, -0.2) is 27.2 Å². The molecular formula is C10H15ClN2O2. The number of alkyl halides is 1. The van der Waals surface area contributed by atoms with E-state index in [4.69, 9.17) is 17.3 Å². The summed E-state index contributed by atoms with van der Waals surface area (Å²) in [6.07, 6.45) is -1.62. The van der Waals surface area contributed by atoms with Gasteiger partial charge in [0.1, 0.15) is 11.9 Å². The standard InChI is InChI=1S/C10H15ClN2O2/c1-6-4-7(13-9(12)5-6)10(15)8(14)2-3-11/h4-5,8,10,14-15H,2-3H2,1H3,(H2,12,13). The van der Waals surface area contributed by atoms with Gasteiger partial charge in [0.15, 0.2) is 0 Å². The Bertz CT molecular complexity index is 313. The van der Waals surface area contributed by atoms with Gasteiger partial charge in [-0.1, -0.05) is 0 Å². The van der Waals surface area contributed by atoms with Crippen LogP contribution in [0.5, 0.6) is 0 Å². The molecular weight excluding hydrogens is 216 g/mol. The number of hydrogen-bond acceptors (Lipinski definition) is 4. The van der Waals surface area contributed by atoms with E-state index in [1.807, 2.05) is 6.92 Å². The maximum Gasteiger partial charge on any atom is 0.123 e. The lowest BCUT2D eigenvalue weighted by Gasteiger charge is -2.16. The van der Waals surface area contributed by atoms with Crippen LogP contribution in [0.15, 0.2) is 12.1 Å². The second-order valence-corrected chi connectivity index (χ2v) is 3.86. The zero-order valence-electron chi connectivity index (χ0n) is 8.52. The molecule has 1 aromatic rings. The van der Waals surface area contributed by atoms with Crippen molar-refractivity contribution in [2.75, 3.05) is 11.6 Å². The third-order valence-electron chi connectivity index (χ3n) is 2.08. The zero-order valence-corrected chi connectivity index (χ0v) is 9.28. The minimum Gasteiger partial charge on any atom is -0.390 e. The molecule has 1 aromatic heterocycles. The first-order valence-corrected chi connectivity index (χ1v) is 5.24. The van der Waals surface area contributed by atoms with Gasteiger partial charge in [-0.3, -0.25) is 0 Å². The highest BCUT2D eigenvalue weighted by Gasteiger charge is 2.19. The Hall–Kier alpha value is -0.840. The number of halogens is 1. The largest absolute Gasteiger partial charge is 0.390 e. The van der Waals surface area contributed by atoms with Crippen LogP contribution >= 0.6 is 11.6 Å². The van der Waals surface area contributed by atoms with Crippen molar-refractivity contribution in [2.24, 2.45) is 0 Å². The molecule has 15 heavy (non-hydrogen) atoms. The lowest BCUT2D eigenvalue weighted by atomic mass is 10.1. The smallest absolute Gasteiger partial charge is 0.123 e. The molecule has 0 saturated heterocycles. The predicted molar refractivity (Wildman–Crippen MR) is 59.7 cm³/mol. The molecule has 2 atom stereocenters. The minimum atomic E-state index is -1.04. The van der Waals surface area contributed by atoms with E-state index in [0.717, 1.165) is 5.56 Å². The number of nitrogens with two attached hydrogens (primary N) is 1. The van der Waals surface area contributed by atoms with Crippen LogP contribution in [0.25, 0.3) is 0 Å². The molecule has 0 aliphatic heterocycles. The van der Waals surface area contributed by atoms with Gasteiger partial charge in [-0.05, 0) is 31.0 Å². The summed E-state index contributed by atoms with van der Waals surface area (Å²) >= 11 is 5.47. The van der Waals surface area contributed by atoms with Gasteiger partial charge >= 0.3 is 0 Å². The fourth-order valence-corrected chi connectivity index (χ4v) is 1.56. The highest BCUT2D eigenvalue weighted by molar-refractivity contribution is 6.17. The van der Waals surface area contributed by atoms with Gasteiger partial charge in [-0.2, -0.15) is 0 Å². The molecule has 0 saturated carbocycles. The van der Waals surface area contributed by atoms with Crippen molar-refractivity contribution in [1.82, 2.24) is 4.98 Å². The van der Waals surface area contributed by atoms with E-state index in [0.29, 0.717) is 23.8 Å². The minimum absolute atomic E-state index is 0.291. The van der Waals surface area contributed by atoms with Crippen molar-refractivity contribution in [3.8, 4) is 0 Å². The number of nitrogens with zero attached hydrogens (tertiary/aromatic N) is 1. The number of rotatable bonds is 4. The normalized spacial score (nSPS) is 14.9. The number of aromatic nitrogens is 1. The fraction of sp³-hybridized carbons (Fsp3) is 0.500. The van der Waals surface area contributed by atoms with Crippen molar-refractivity contribution in [3.63, 3.8) is 0 Å². The van der Waals surface area contributed by atoms with Gasteiger partial charge in [-0.25, -0.2) is 4.98 Å². The van der Waals surface area contributed by atoms with Crippen molar-refractivity contribution in [3.05, 3.63) is 23.4 Å². The molecule has 4 nitrogen and oxygen atoms in total. The molecule has 1 rings (SSSR count). The molecule has 0 spiro atoms. The maximum absolute atomic E-state index is 9.74. The van der Waals surface area contributed by atoms with Gasteiger partial charge in [0, 0.05) is 5.88 Å². The highest BCUT2D eigenvalue weighted by atomic mass is 35.5. The van der Waals surface area contributed by atoms with Crippen molar-refractivity contribution >= 4 is 17.4 Å². The molecule has 1 heterocycles. The second-order valence-electron chi connectivity index (χ2n) is 3.48. The Morgan fingerprint density at radius 1 is 1.47 bits per heavy atom. The Labute approximate surface area is 93.7 Å². The van der Waals surface area contributed by atoms with Crippen LogP contribution < -0.4 is 5.73 Å². The average molecular weight is 231 g/mol. The first kappa shape index (κ1) is 12.2. The summed E-state index contributed by atoms with van der Waals surface area (Å²) in [5.74, 6) is 0.626. The Morgan fingerprint density at radius 2 is 2.13 bits per heavy atom. The Balaban J connectivity index is 2.85. The van der Waals surface area contributed by atoms with Gasteiger partial charge in [0.25, 0.3) is 0 Å². The molecule has 4 N–H and O–H groups in total. The van der Waals surface area contributed by atoms with E-state index in [-0.39, 0.29) is 0 Å². The van der Waals surface area contributed by atoms with E-state index in [1.54, 1.807) is 12.1 Å². The summed E-state index contributed by atoms with van der Waals surface area (Å²) in [5, 5.41) is 19.3. The summed E-state index contributed by atoms with van der Waals surface area (Å²) in [6, 6.07) is 3.39. The fourth-order valence-electron chi connectivity index (χ4n) is 1.34. The zero-order chi connectivity index (χ0) is 11.4. The molecule has 0 radical (unpaired) electrons. The number of aliphatic hydroxyl groups is 2. The van der Waals surface area contributed by atoms with Crippen LogP contribution in [-0.2, 0) is 0 Å². The van der Waals surface area contributed by atoms with E-state index in [1.165, 1.54) is 0 Å². The van der Waals surface area contributed by atoms with Crippen LogP contribution in [0.1, 0.15) is 23.8 Å². The Morgan fingerprint density at radius 3 is 2.67 bits per heavy atom. The van der Waals surface area contributed by atoms with E-state index in [9.17, 15) is 10.2 Å². The van der Waals surface area contributed by atoms with E-state index >= 15 is 0 Å². The SMILES string of the molecule is Cc1cc(N)nc(C(O)C(O)CCCl)c1. The van der Waals surface area contributed by atoms with Crippen LogP contribution in [0.4, 0.5) is 5.82 Å². The number of nitrogen functional groups attached to an aromatic ring is 1. The van der Waals surface area contributed by atoms with Crippen molar-refractivity contribution in [2.45, 2.75) is 25.6 Å². The lowest BCUT2D eigenvalue weighted by molar-refractivity contribution is 0.0145. The molecule has 5 heteroatoms. The quantitative estimate of drug-likeness (QED) is 0.674. The number of pyridine rings is 1. The number of hydrogen-bond donors (Lipinski definition) is 3. The van der Waals surface area contributed by atoms with Crippen LogP contribution in [0, 0.1) is 6.92 Å². The molecule has 0 bridgehead atoms. The van der Waals surface area contributed by atoms with Gasteiger partial charge in [-0.15, -0.1) is 11.6 Å². The second kappa shape index (κ2) is 5.30. The molecule has 0 aliphatic rings. The van der Waals surface area contributed by atoms with E-state index in [2.05, 4.69) is 4.98 Å². The molecule has 0 aromatic carbocycles.